The van der Waals surface area contributed by atoms with Gasteiger partial charge in [-0.3, -0.25) is 0 Å². The molecule has 252 valence electrons. The van der Waals surface area contributed by atoms with Crippen molar-refractivity contribution in [3.05, 3.63) is 0 Å². The van der Waals surface area contributed by atoms with E-state index in [9.17, 15) is 0 Å². The molecule has 7 nitrogen and oxygen atoms in total. The minimum absolute atomic E-state index is 0. The van der Waals surface area contributed by atoms with Crippen LogP contribution in [0.5, 0.6) is 0 Å². The molecule has 0 N–H and O–H groups in total. The van der Waals surface area contributed by atoms with Crippen LogP contribution in [0, 0.1) is 0 Å². The molecule has 0 saturated carbocycles. The van der Waals surface area contributed by atoms with E-state index < -0.39 is 42.3 Å². The molecule has 0 spiro atoms. The highest BCUT2D eigenvalue weighted by molar-refractivity contribution is 6.90. The van der Waals surface area contributed by atoms with Gasteiger partial charge in [-0.25, -0.2) is 0 Å². The first-order valence-corrected chi connectivity index (χ1v) is 27.7. The Labute approximate surface area is 259 Å². The summed E-state index contributed by atoms with van der Waals surface area (Å²) in [5.41, 5.74) is 0. The van der Waals surface area contributed by atoms with Crippen molar-refractivity contribution >= 4 is 42.3 Å². The molecular weight excluding hydrogens is 589 g/mol. The van der Waals surface area contributed by atoms with Crippen LogP contribution in [-0.4, -0.2) is 81.5 Å². The zero-order chi connectivity index (χ0) is 26.1. The summed E-state index contributed by atoms with van der Waals surface area (Å²) >= 11 is 0. The summed E-state index contributed by atoms with van der Waals surface area (Å²) in [5, 5.41) is 0. The molecule has 0 radical (unpaired) electrons. The zero-order valence-corrected chi connectivity index (χ0v) is 29.0. The molecule has 1 aliphatic rings. The first kappa shape index (κ1) is 53.4. The second-order valence-corrected chi connectivity index (χ2v) is 32.2. The van der Waals surface area contributed by atoms with Crippen molar-refractivity contribution in [1.82, 2.24) is 0 Å². The van der Waals surface area contributed by atoms with Gasteiger partial charge in [-0.2, -0.15) is 0 Å². The van der Waals surface area contributed by atoms with E-state index in [1.165, 1.54) is 0 Å². The second-order valence-electron chi connectivity index (χ2n) is 12.2. The maximum absolute atomic E-state index is 7.10. The Kier molecular flexibility index (Phi) is 31.0. The summed E-state index contributed by atoms with van der Waals surface area (Å²) < 4.78 is 44.2. The summed E-state index contributed by atoms with van der Waals surface area (Å²) in [5.74, 6) is 0. The molecule has 40 heavy (non-hydrogen) atoms. The van der Waals surface area contributed by atoms with Crippen LogP contribution in [0.3, 0.4) is 0 Å². The SMILES string of the molecule is C.C.C.C.C.C.CCCOCCC[Si](C)(O[Si](C)(C)C)O[Si](C)(CCCOCC1CO1)O[Si](C)(C)O[Si](C)(C)C. The van der Waals surface area contributed by atoms with Crippen molar-refractivity contribution in [2.45, 2.75) is 154 Å². The molecule has 0 aromatic rings. The number of hydrogen-bond donors (Lipinski definition) is 0. The molecule has 0 bridgehead atoms. The van der Waals surface area contributed by atoms with Gasteiger partial charge in [0.1, 0.15) is 6.10 Å². The molecule has 3 unspecified atom stereocenters. The molecule has 12 heteroatoms. The van der Waals surface area contributed by atoms with Crippen LogP contribution in [0.4, 0.5) is 0 Å². The Balaban J connectivity index is -0.000000482. The van der Waals surface area contributed by atoms with Crippen molar-refractivity contribution in [2.75, 3.05) is 33.0 Å². The van der Waals surface area contributed by atoms with Crippen LogP contribution in [-0.2, 0) is 30.7 Å². The first-order valence-electron chi connectivity index (χ1n) is 13.0. The van der Waals surface area contributed by atoms with E-state index in [1.807, 2.05) is 0 Å². The van der Waals surface area contributed by atoms with E-state index in [1.54, 1.807) is 0 Å². The topological polar surface area (TPSA) is 67.9 Å². The van der Waals surface area contributed by atoms with E-state index in [4.69, 9.17) is 30.7 Å². The number of epoxide rings is 1. The lowest BCUT2D eigenvalue weighted by Gasteiger charge is -2.44. The summed E-state index contributed by atoms with van der Waals surface area (Å²) in [4.78, 5) is 0. The fraction of sp³-hybridized carbons (Fsp3) is 1.00. The molecule has 0 aromatic heterocycles. The lowest BCUT2D eigenvalue weighted by molar-refractivity contribution is 0.115. The van der Waals surface area contributed by atoms with Gasteiger partial charge in [0.15, 0.2) is 16.6 Å². The van der Waals surface area contributed by atoms with Gasteiger partial charge < -0.3 is 30.7 Å². The van der Waals surface area contributed by atoms with Crippen LogP contribution in [0.15, 0.2) is 0 Å². The van der Waals surface area contributed by atoms with Crippen LogP contribution >= 0.6 is 0 Å². The van der Waals surface area contributed by atoms with Gasteiger partial charge >= 0.3 is 25.7 Å². The maximum Gasteiger partial charge on any atom is 0.317 e. The molecule has 1 fully saturated rings. The Morgan fingerprint density at radius 2 is 1.00 bits per heavy atom. The highest BCUT2D eigenvalue weighted by atomic mass is 28.5. The average molecular weight is 667 g/mol. The molecule has 0 aromatic carbocycles. The molecule has 0 aliphatic carbocycles. The number of hydrogen-bond acceptors (Lipinski definition) is 7. The average Bonchev–Trinajstić information content (AvgIpc) is 3.40. The van der Waals surface area contributed by atoms with Crippen LogP contribution in [0.25, 0.3) is 0 Å². The highest BCUT2D eigenvalue weighted by Gasteiger charge is 2.48. The molecule has 1 aliphatic heterocycles. The van der Waals surface area contributed by atoms with Gasteiger partial charge in [-0.1, -0.05) is 51.5 Å². The Morgan fingerprint density at radius 1 is 0.575 bits per heavy atom. The lowest BCUT2D eigenvalue weighted by Crippen LogP contribution is -2.60. The second kappa shape index (κ2) is 23.2. The predicted molar refractivity (Wildman–Crippen MR) is 193 cm³/mol. The van der Waals surface area contributed by atoms with Crippen molar-refractivity contribution < 1.29 is 30.7 Å². The van der Waals surface area contributed by atoms with Gasteiger partial charge in [-0.05, 0) is 96.8 Å². The Bertz CT molecular complexity index is 584. The summed E-state index contributed by atoms with van der Waals surface area (Å²) in [6.45, 7) is 28.1. The first-order chi connectivity index (χ1) is 15.5. The quantitative estimate of drug-likeness (QED) is 0.0728. The largest absolute Gasteiger partial charge is 0.437 e. The van der Waals surface area contributed by atoms with Gasteiger partial charge in [0.05, 0.1) is 13.2 Å². The molecule has 1 heterocycles. The fourth-order valence-corrected chi connectivity index (χ4v) is 28.0. The highest BCUT2D eigenvalue weighted by Crippen LogP contribution is 2.32. The normalized spacial score (nSPS) is 17.6. The Morgan fingerprint density at radius 3 is 1.40 bits per heavy atom. The molecular formula is C28H78O7Si5. The molecule has 1 rings (SSSR count). The summed E-state index contributed by atoms with van der Waals surface area (Å²) in [6, 6.07) is 1.79. The van der Waals surface area contributed by atoms with Gasteiger partial charge in [0, 0.05) is 19.8 Å². The predicted octanol–water partition coefficient (Wildman–Crippen LogP) is 10.0. The fourth-order valence-electron chi connectivity index (χ4n) is 4.24. The third-order valence-corrected chi connectivity index (χ3v) is 23.1. The van der Waals surface area contributed by atoms with Gasteiger partial charge in [-0.15, -0.1) is 0 Å². The maximum atomic E-state index is 7.10. The minimum atomic E-state index is -2.59. The third-order valence-electron chi connectivity index (χ3n) is 4.86. The van der Waals surface area contributed by atoms with E-state index in [0.29, 0.717) is 19.3 Å². The minimum Gasteiger partial charge on any atom is -0.437 e. The molecule has 3 atom stereocenters. The third kappa shape index (κ3) is 27.6. The lowest BCUT2D eigenvalue weighted by atomic mass is 10.5. The molecule has 1 saturated heterocycles. The van der Waals surface area contributed by atoms with E-state index in [-0.39, 0.29) is 44.6 Å². The van der Waals surface area contributed by atoms with E-state index in [2.05, 4.69) is 72.4 Å². The van der Waals surface area contributed by atoms with Crippen molar-refractivity contribution in [3.63, 3.8) is 0 Å². The van der Waals surface area contributed by atoms with E-state index in [0.717, 1.165) is 51.2 Å². The number of ether oxygens (including phenoxy) is 3. The van der Waals surface area contributed by atoms with Crippen molar-refractivity contribution in [2.24, 2.45) is 0 Å². The van der Waals surface area contributed by atoms with Gasteiger partial charge in [0.2, 0.25) is 0 Å². The summed E-state index contributed by atoms with van der Waals surface area (Å²) in [6.07, 6.45) is 3.20. The van der Waals surface area contributed by atoms with Crippen molar-refractivity contribution in [3.8, 4) is 0 Å². The Hall–Kier alpha value is 0.804. The van der Waals surface area contributed by atoms with Crippen molar-refractivity contribution in [1.29, 1.82) is 0 Å². The van der Waals surface area contributed by atoms with Crippen LogP contribution in [0.2, 0.25) is 77.6 Å². The smallest absolute Gasteiger partial charge is 0.317 e. The van der Waals surface area contributed by atoms with Gasteiger partial charge in [0.25, 0.3) is 0 Å². The zero-order valence-electron chi connectivity index (χ0n) is 24.0. The standard InChI is InChI=1S/C22H54O7Si5.6CH4/c1-12-15-23-16-13-18-33(10,27-31(5,6)7)29-34(11,19-14-17-24-20-22-21-25-22)28-32(8,9)26-30(2,3)4;;;;;;/h22H,12-21H2,1-11H3;6*1H4. The van der Waals surface area contributed by atoms with Crippen LogP contribution < -0.4 is 0 Å². The van der Waals surface area contributed by atoms with Crippen LogP contribution in [0.1, 0.15) is 70.7 Å². The molecule has 0 amide bonds. The summed E-state index contributed by atoms with van der Waals surface area (Å²) in [7, 11) is -11.0. The van der Waals surface area contributed by atoms with E-state index >= 15 is 0 Å². The number of rotatable bonds is 20. The monoisotopic (exact) mass is 666 g/mol.